The van der Waals surface area contributed by atoms with E-state index in [0.29, 0.717) is 22.3 Å². The predicted molar refractivity (Wildman–Crippen MR) is 89.6 cm³/mol. The highest BCUT2D eigenvalue weighted by Gasteiger charge is 2.23. The van der Waals surface area contributed by atoms with Gasteiger partial charge in [0, 0.05) is 29.2 Å². The average molecular weight is 328 g/mol. The van der Waals surface area contributed by atoms with Crippen LogP contribution in [0.4, 0.5) is 10.8 Å². The van der Waals surface area contributed by atoms with Crippen molar-refractivity contribution in [3.8, 4) is 0 Å². The van der Waals surface area contributed by atoms with E-state index in [1.807, 2.05) is 0 Å². The van der Waals surface area contributed by atoms with E-state index in [-0.39, 0.29) is 11.8 Å². The van der Waals surface area contributed by atoms with Gasteiger partial charge < -0.3 is 5.32 Å². The van der Waals surface area contributed by atoms with Gasteiger partial charge >= 0.3 is 0 Å². The number of benzene rings is 1. The Morgan fingerprint density at radius 3 is 2.65 bits per heavy atom. The topological polar surface area (TPSA) is 84.0 Å². The second-order valence-corrected chi connectivity index (χ2v) is 6.14. The van der Waals surface area contributed by atoms with E-state index in [4.69, 9.17) is 0 Å². The molecule has 0 radical (unpaired) electrons. The van der Waals surface area contributed by atoms with Crippen LogP contribution >= 0.6 is 11.5 Å². The molecule has 2 amide bonds. The fourth-order valence-corrected chi connectivity index (χ4v) is 2.63. The molecule has 0 aliphatic heterocycles. The normalized spacial score (nSPS) is 13.4. The van der Waals surface area contributed by atoms with Gasteiger partial charge in [0.1, 0.15) is 5.82 Å². The van der Waals surface area contributed by atoms with Gasteiger partial charge in [0.25, 0.3) is 5.91 Å². The fraction of sp³-hybridized carbons (Fsp3) is 0.250. The van der Waals surface area contributed by atoms with E-state index >= 15 is 0 Å². The standard InChI is InChI=1S/C16H16N4O2S/c1-2-14(21)17-12-7-5-11(6-8-12)15(22)19-16-18-13(20-23-16)9-10-3-4-10/h2,5-8,10H,1,3-4,9H2,(H,17,21)(H,18,19,20,22). The molecule has 1 heterocycles. The Balaban J connectivity index is 1.59. The lowest BCUT2D eigenvalue weighted by atomic mass is 10.2. The summed E-state index contributed by atoms with van der Waals surface area (Å²) in [6, 6.07) is 6.60. The second-order valence-electron chi connectivity index (χ2n) is 5.39. The van der Waals surface area contributed by atoms with E-state index in [9.17, 15) is 9.59 Å². The van der Waals surface area contributed by atoms with E-state index < -0.39 is 0 Å². The molecule has 0 spiro atoms. The Morgan fingerprint density at radius 2 is 2.00 bits per heavy atom. The van der Waals surface area contributed by atoms with Crippen molar-refractivity contribution in [1.82, 2.24) is 9.36 Å². The molecule has 2 aromatic rings. The van der Waals surface area contributed by atoms with Crippen LogP contribution in [0.1, 0.15) is 29.0 Å². The quantitative estimate of drug-likeness (QED) is 0.799. The van der Waals surface area contributed by atoms with Crippen LogP contribution in [-0.2, 0) is 11.2 Å². The molecule has 1 aromatic carbocycles. The zero-order chi connectivity index (χ0) is 16.2. The molecule has 0 bridgehead atoms. The summed E-state index contributed by atoms with van der Waals surface area (Å²) in [6.45, 7) is 3.39. The van der Waals surface area contributed by atoms with Gasteiger partial charge in [-0.05, 0) is 49.1 Å². The van der Waals surface area contributed by atoms with Crippen molar-refractivity contribution < 1.29 is 9.59 Å². The second kappa shape index (κ2) is 6.70. The minimum atomic E-state index is -0.292. The van der Waals surface area contributed by atoms with Gasteiger partial charge in [0.05, 0.1) is 0 Å². The van der Waals surface area contributed by atoms with Crippen LogP contribution < -0.4 is 10.6 Å². The lowest BCUT2D eigenvalue weighted by Crippen LogP contribution is -2.12. The molecule has 1 saturated carbocycles. The zero-order valence-corrected chi connectivity index (χ0v) is 13.2. The van der Waals surface area contributed by atoms with Gasteiger partial charge in [-0.15, -0.1) is 0 Å². The molecule has 6 nitrogen and oxygen atoms in total. The first-order valence-electron chi connectivity index (χ1n) is 7.31. The molecule has 7 heteroatoms. The molecule has 0 saturated heterocycles. The Labute approximate surface area is 137 Å². The van der Waals surface area contributed by atoms with Crippen LogP contribution in [0.15, 0.2) is 36.9 Å². The number of carbonyl (C=O) groups is 2. The molecule has 118 valence electrons. The summed E-state index contributed by atoms with van der Waals surface area (Å²) in [5.74, 6) is 0.974. The number of nitrogens with one attached hydrogen (secondary N) is 2. The Bertz CT molecular complexity index is 735. The minimum absolute atomic E-state index is 0.249. The highest BCUT2D eigenvalue weighted by molar-refractivity contribution is 7.09. The summed E-state index contributed by atoms with van der Waals surface area (Å²) >= 11 is 1.20. The van der Waals surface area contributed by atoms with Crippen molar-refractivity contribution in [2.75, 3.05) is 10.6 Å². The number of nitrogens with zero attached hydrogens (tertiary/aromatic N) is 2. The Hall–Kier alpha value is -2.54. The SMILES string of the molecule is C=CC(=O)Nc1ccc(C(=O)Nc2nc(CC3CC3)ns2)cc1. The molecule has 0 atom stereocenters. The summed E-state index contributed by atoms with van der Waals surface area (Å²) in [7, 11) is 0. The maximum atomic E-state index is 12.2. The highest BCUT2D eigenvalue weighted by Crippen LogP contribution is 2.32. The van der Waals surface area contributed by atoms with Gasteiger partial charge in [-0.3, -0.25) is 14.9 Å². The van der Waals surface area contributed by atoms with Crippen LogP contribution in [-0.4, -0.2) is 21.2 Å². The van der Waals surface area contributed by atoms with Crippen molar-refractivity contribution in [3.63, 3.8) is 0 Å². The number of aromatic nitrogens is 2. The molecule has 1 aromatic heterocycles. The molecule has 3 rings (SSSR count). The summed E-state index contributed by atoms with van der Waals surface area (Å²) < 4.78 is 4.26. The Kier molecular flexibility index (Phi) is 4.47. The zero-order valence-electron chi connectivity index (χ0n) is 12.4. The van der Waals surface area contributed by atoms with E-state index in [1.54, 1.807) is 24.3 Å². The van der Waals surface area contributed by atoms with Crippen LogP contribution in [0.25, 0.3) is 0 Å². The first-order valence-corrected chi connectivity index (χ1v) is 8.09. The van der Waals surface area contributed by atoms with Gasteiger partial charge in [-0.25, -0.2) is 4.98 Å². The number of amides is 2. The van der Waals surface area contributed by atoms with Crippen LogP contribution in [0, 0.1) is 5.92 Å². The van der Waals surface area contributed by atoms with Gasteiger partial charge in [-0.2, -0.15) is 4.37 Å². The summed E-state index contributed by atoms with van der Waals surface area (Å²) in [6.07, 6.45) is 4.57. The third-order valence-corrected chi connectivity index (χ3v) is 4.13. The summed E-state index contributed by atoms with van der Waals surface area (Å²) in [4.78, 5) is 27.7. The highest BCUT2D eigenvalue weighted by atomic mass is 32.1. The average Bonchev–Trinajstić information content (AvgIpc) is 3.26. The van der Waals surface area contributed by atoms with E-state index in [2.05, 4.69) is 26.6 Å². The number of anilines is 2. The smallest absolute Gasteiger partial charge is 0.257 e. The van der Waals surface area contributed by atoms with Crippen molar-refractivity contribution in [2.45, 2.75) is 19.3 Å². The summed E-state index contributed by atoms with van der Waals surface area (Å²) in [5, 5.41) is 5.88. The number of hydrogen-bond donors (Lipinski definition) is 2. The maximum Gasteiger partial charge on any atom is 0.257 e. The molecular weight excluding hydrogens is 312 g/mol. The van der Waals surface area contributed by atoms with E-state index in [1.165, 1.54) is 30.5 Å². The van der Waals surface area contributed by atoms with Gasteiger partial charge in [0.15, 0.2) is 0 Å². The number of rotatable bonds is 6. The van der Waals surface area contributed by atoms with Gasteiger partial charge in [0.2, 0.25) is 11.0 Å². The largest absolute Gasteiger partial charge is 0.323 e. The molecular formula is C16H16N4O2S. The fourth-order valence-electron chi connectivity index (χ4n) is 2.04. The third-order valence-electron chi connectivity index (χ3n) is 3.46. The van der Waals surface area contributed by atoms with Crippen molar-refractivity contribution in [3.05, 3.63) is 48.3 Å². The first kappa shape index (κ1) is 15.4. The van der Waals surface area contributed by atoms with Crippen molar-refractivity contribution in [2.24, 2.45) is 5.92 Å². The maximum absolute atomic E-state index is 12.2. The molecule has 2 N–H and O–H groups in total. The lowest BCUT2D eigenvalue weighted by molar-refractivity contribution is -0.111. The Morgan fingerprint density at radius 1 is 1.26 bits per heavy atom. The first-order chi connectivity index (χ1) is 11.1. The molecule has 23 heavy (non-hydrogen) atoms. The van der Waals surface area contributed by atoms with Crippen LogP contribution in [0.3, 0.4) is 0 Å². The third kappa shape index (κ3) is 4.23. The molecule has 1 aliphatic carbocycles. The van der Waals surface area contributed by atoms with Gasteiger partial charge in [-0.1, -0.05) is 6.58 Å². The predicted octanol–water partition coefficient (Wildman–Crippen LogP) is 2.87. The lowest BCUT2D eigenvalue weighted by Gasteiger charge is -2.04. The minimum Gasteiger partial charge on any atom is -0.323 e. The van der Waals surface area contributed by atoms with Crippen molar-refractivity contribution >= 4 is 34.2 Å². The van der Waals surface area contributed by atoms with E-state index in [0.717, 1.165) is 12.2 Å². The summed E-state index contributed by atoms with van der Waals surface area (Å²) in [5.41, 5.74) is 1.09. The number of carbonyl (C=O) groups excluding carboxylic acids is 2. The molecule has 0 unspecified atom stereocenters. The number of hydrogen-bond acceptors (Lipinski definition) is 5. The van der Waals surface area contributed by atoms with Crippen molar-refractivity contribution in [1.29, 1.82) is 0 Å². The monoisotopic (exact) mass is 328 g/mol. The molecule has 1 fully saturated rings. The van der Waals surface area contributed by atoms with Crippen LogP contribution in [0.2, 0.25) is 0 Å². The van der Waals surface area contributed by atoms with Crippen LogP contribution in [0.5, 0.6) is 0 Å². The molecule has 1 aliphatic rings.